The third kappa shape index (κ3) is 2.58. The number of nitrogens with one attached hydrogen (secondary N) is 1. The summed E-state index contributed by atoms with van der Waals surface area (Å²) >= 11 is 0. The van der Waals surface area contributed by atoms with E-state index in [1.54, 1.807) is 6.20 Å². The highest BCUT2D eigenvalue weighted by Gasteiger charge is 2.08. The van der Waals surface area contributed by atoms with Gasteiger partial charge in [0, 0.05) is 18.2 Å². The van der Waals surface area contributed by atoms with E-state index >= 15 is 0 Å². The zero-order chi connectivity index (χ0) is 10.7. The third-order valence-electron chi connectivity index (χ3n) is 1.92. The van der Waals surface area contributed by atoms with Gasteiger partial charge in [0.15, 0.2) is 0 Å². The van der Waals surface area contributed by atoms with Gasteiger partial charge in [-0.25, -0.2) is 0 Å². The Hall–Kier alpha value is -1.32. The van der Waals surface area contributed by atoms with Crippen molar-refractivity contribution >= 4 is 11.6 Å². The fourth-order valence-corrected chi connectivity index (χ4v) is 0.972. The maximum atomic E-state index is 11.3. The summed E-state index contributed by atoms with van der Waals surface area (Å²) in [6, 6.07) is 0.319. The van der Waals surface area contributed by atoms with Gasteiger partial charge in [-0.2, -0.15) is 5.10 Å². The van der Waals surface area contributed by atoms with Gasteiger partial charge >= 0.3 is 0 Å². The van der Waals surface area contributed by atoms with Gasteiger partial charge in [-0.1, -0.05) is 13.8 Å². The maximum absolute atomic E-state index is 11.3. The fraction of sp³-hybridized carbons (Fsp3) is 0.600. The van der Waals surface area contributed by atoms with Crippen LogP contribution in [0.5, 0.6) is 0 Å². The number of amides is 1. The minimum absolute atomic E-state index is 0.00241. The van der Waals surface area contributed by atoms with E-state index in [0.717, 1.165) is 5.69 Å². The molecule has 0 unspecified atom stereocenters. The SMILES string of the molecule is CC(C)C(=O)Nc1cnn(C(C)C)c1. The van der Waals surface area contributed by atoms with E-state index in [1.807, 2.05) is 38.6 Å². The minimum Gasteiger partial charge on any atom is -0.323 e. The van der Waals surface area contributed by atoms with Crippen molar-refractivity contribution in [3.63, 3.8) is 0 Å². The molecule has 0 saturated heterocycles. The van der Waals surface area contributed by atoms with E-state index in [9.17, 15) is 4.79 Å². The van der Waals surface area contributed by atoms with Crippen LogP contribution in [-0.4, -0.2) is 15.7 Å². The number of nitrogens with zero attached hydrogens (tertiary/aromatic N) is 2. The zero-order valence-corrected chi connectivity index (χ0v) is 9.11. The highest BCUT2D eigenvalue weighted by atomic mass is 16.1. The molecule has 0 spiro atoms. The van der Waals surface area contributed by atoms with Crippen LogP contribution in [0.25, 0.3) is 0 Å². The van der Waals surface area contributed by atoms with Gasteiger partial charge in [0.25, 0.3) is 0 Å². The molecule has 1 rings (SSSR count). The molecule has 0 aromatic carbocycles. The monoisotopic (exact) mass is 195 g/mol. The van der Waals surface area contributed by atoms with E-state index in [0.29, 0.717) is 6.04 Å². The Labute approximate surface area is 84.3 Å². The lowest BCUT2D eigenvalue weighted by Crippen LogP contribution is -2.17. The zero-order valence-electron chi connectivity index (χ0n) is 9.11. The Morgan fingerprint density at radius 2 is 2.07 bits per heavy atom. The van der Waals surface area contributed by atoms with Gasteiger partial charge in [0.1, 0.15) is 0 Å². The molecule has 78 valence electrons. The second kappa shape index (κ2) is 4.26. The van der Waals surface area contributed by atoms with Crippen LogP contribution in [-0.2, 0) is 4.79 Å². The predicted molar refractivity (Wildman–Crippen MR) is 56.1 cm³/mol. The lowest BCUT2D eigenvalue weighted by molar-refractivity contribution is -0.118. The van der Waals surface area contributed by atoms with Crippen molar-refractivity contribution in [1.29, 1.82) is 0 Å². The summed E-state index contributed by atoms with van der Waals surface area (Å²) in [4.78, 5) is 11.3. The molecule has 1 heterocycles. The van der Waals surface area contributed by atoms with Gasteiger partial charge in [-0.3, -0.25) is 9.48 Å². The van der Waals surface area contributed by atoms with E-state index in [2.05, 4.69) is 10.4 Å². The normalized spacial score (nSPS) is 11.0. The second-order valence-corrected chi connectivity index (χ2v) is 3.95. The van der Waals surface area contributed by atoms with Crippen LogP contribution >= 0.6 is 0 Å². The molecule has 0 aliphatic carbocycles. The van der Waals surface area contributed by atoms with Crippen molar-refractivity contribution < 1.29 is 4.79 Å². The molecular formula is C10H17N3O. The first-order chi connectivity index (χ1) is 6.50. The Kier molecular flexibility index (Phi) is 3.28. The van der Waals surface area contributed by atoms with Gasteiger partial charge in [-0.05, 0) is 13.8 Å². The first-order valence-electron chi connectivity index (χ1n) is 4.85. The largest absolute Gasteiger partial charge is 0.323 e. The van der Waals surface area contributed by atoms with Crippen LogP contribution in [0.2, 0.25) is 0 Å². The Balaban J connectivity index is 2.64. The molecule has 1 amide bonds. The summed E-state index contributed by atoms with van der Waals surface area (Å²) in [6.07, 6.45) is 3.51. The summed E-state index contributed by atoms with van der Waals surface area (Å²) in [7, 11) is 0. The second-order valence-electron chi connectivity index (χ2n) is 3.95. The Morgan fingerprint density at radius 3 is 2.50 bits per heavy atom. The molecule has 1 aromatic rings. The van der Waals surface area contributed by atoms with Gasteiger partial charge in [-0.15, -0.1) is 0 Å². The maximum Gasteiger partial charge on any atom is 0.227 e. The molecule has 0 aliphatic heterocycles. The van der Waals surface area contributed by atoms with Crippen molar-refractivity contribution in [3.05, 3.63) is 12.4 Å². The topological polar surface area (TPSA) is 46.9 Å². The molecular weight excluding hydrogens is 178 g/mol. The summed E-state index contributed by atoms with van der Waals surface area (Å²) in [5.41, 5.74) is 0.761. The van der Waals surface area contributed by atoms with Crippen LogP contribution in [0.3, 0.4) is 0 Å². The summed E-state index contributed by atoms with van der Waals surface area (Å²) in [5.74, 6) is 0.0192. The molecule has 0 bridgehead atoms. The van der Waals surface area contributed by atoms with Crippen LogP contribution in [0.4, 0.5) is 5.69 Å². The first kappa shape index (κ1) is 10.8. The average molecular weight is 195 g/mol. The lowest BCUT2D eigenvalue weighted by Gasteiger charge is -2.05. The highest BCUT2D eigenvalue weighted by Crippen LogP contribution is 2.10. The van der Waals surface area contributed by atoms with Crippen molar-refractivity contribution in [1.82, 2.24) is 9.78 Å². The molecule has 4 nitrogen and oxygen atoms in total. The van der Waals surface area contributed by atoms with Gasteiger partial charge in [0.2, 0.25) is 5.91 Å². The van der Waals surface area contributed by atoms with Crippen molar-refractivity contribution in [2.75, 3.05) is 5.32 Å². The standard InChI is InChI=1S/C10H17N3O/c1-7(2)10(14)12-9-5-11-13(6-9)8(3)4/h5-8H,1-4H3,(H,12,14). The Morgan fingerprint density at radius 1 is 1.43 bits per heavy atom. The van der Waals surface area contributed by atoms with Crippen LogP contribution in [0, 0.1) is 5.92 Å². The summed E-state index contributed by atoms with van der Waals surface area (Å²) in [5, 5.41) is 6.92. The third-order valence-corrected chi connectivity index (χ3v) is 1.92. The molecule has 0 aliphatic rings. The number of rotatable bonds is 3. The quantitative estimate of drug-likeness (QED) is 0.802. The minimum atomic E-state index is -0.00241. The molecule has 4 heteroatoms. The number of hydrogen-bond acceptors (Lipinski definition) is 2. The van der Waals surface area contributed by atoms with Crippen molar-refractivity contribution in [2.24, 2.45) is 5.92 Å². The number of hydrogen-bond donors (Lipinski definition) is 1. The number of carbonyl (C=O) groups excluding carboxylic acids is 1. The molecule has 0 fully saturated rings. The van der Waals surface area contributed by atoms with E-state index < -0.39 is 0 Å². The van der Waals surface area contributed by atoms with E-state index in [-0.39, 0.29) is 11.8 Å². The molecule has 0 saturated carbocycles. The van der Waals surface area contributed by atoms with Gasteiger partial charge < -0.3 is 5.32 Å². The molecule has 1 N–H and O–H groups in total. The molecule has 0 atom stereocenters. The van der Waals surface area contributed by atoms with Crippen molar-refractivity contribution in [3.8, 4) is 0 Å². The van der Waals surface area contributed by atoms with E-state index in [4.69, 9.17) is 0 Å². The summed E-state index contributed by atoms with van der Waals surface area (Å²) in [6.45, 7) is 7.81. The predicted octanol–water partition coefficient (Wildman–Crippen LogP) is 2.06. The molecule has 14 heavy (non-hydrogen) atoms. The van der Waals surface area contributed by atoms with Crippen molar-refractivity contribution in [2.45, 2.75) is 33.7 Å². The average Bonchev–Trinajstić information content (AvgIpc) is 2.52. The number of aromatic nitrogens is 2. The van der Waals surface area contributed by atoms with Crippen LogP contribution < -0.4 is 5.32 Å². The molecule has 1 aromatic heterocycles. The first-order valence-corrected chi connectivity index (χ1v) is 4.85. The Bertz CT molecular complexity index is 315. The van der Waals surface area contributed by atoms with Gasteiger partial charge in [0.05, 0.1) is 11.9 Å². The highest BCUT2D eigenvalue weighted by molar-refractivity contribution is 5.91. The smallest absolute Gasteiger partial charge is 0.227 e. The van der Waals surface area contributed by atoms with E-state index in [1.165, 1.54) is 0 Å². The lowest BCUT2D eigenvalue weighted by atomic mass is 10.2. The number of anilines is 1. The van der Waals surface area contributed by atoms with Crippen LogP contribution in [0.1, 0.15) is 33.7 Å². The van der Waals surface area contributed by atoms with Crippen LogP contribution in [0.15, 0.2) is 12.4 Å². The molecule has 0 radical (unpaired) electrons. The summed E-state index contributed by atoms with van der Waals surface area (Å²) < 4.78 is 1.82. The fourth-order valence-electron chi connectivity index (χ4n) is 0.972. The number of carbonyl (C=O) groups is 1.